The first-order valence-corrected chi connectivity index (χ1v) is 11.7. The van der Waals surface area contributed by atoms with Gasteiger partial charge >= 0.3 is 0 Å². The number of amides is 2. The van der Waals surface area contributed by atoms with Gasteiger partial charge in [0.15, 0.2) is 0 Å². The third-order valence-corrected chi connectivity index (χ3v) is 6.66. The van der Waals surface area contributed by atoms with Crippen molar-refractivity contribution in [1.82, 2.24) is 9.80 Å². The highest BCUT2D eigenvalue weighted by molar-refractivity contribution is 7.99. The van der Waals surface area contributed by atoms with Crippen LogP contribution in [0.25, 0.3) is 0 Å². The molecule has 8 heteroatoms. The summed E-state index contributed by atoms with van der Waals surface area (Å²) in [5.41, 5.74) is 2.11. The van der Waals surface area contributed by atoms with E-state index in [1.54, 1.807) is 36.4 Å². The average Bonchev–Trinajstić information content (AvgIpc) is 2.73. The zero-order valence-electron chi connectivity index (χ0n) is 17.0. The fraction of sp³-hybridized carbons (Fsp3) is 0.364. The van der Waals surface area contributed by atoms with Crippen molar-refractivity contribution in [3.05, 3.63) is 63.6 Å². The van der Waals surface area contributed by atoms with E-state index in [0.717, 1.165) is 30.2 Å². The first-order valence-electron chi connectivity index (χ1n) is 9.77. The summed E-state index contributed by atoms with van der Waals surface area (Å²) in [5.74, 6) is 1.78. The third-order valence-electron chi connectivity index (χ3n) is 5.16. The van der Waals surface area contributed by atoms with Crippen LogP contribution in [0.3, 0.4) is 0 Å². The molecule has 30 heavy (non-hydrogen) atoms. The molecule has 1 atom stereocenters. The Hall–Kier alpha value is -1.73. The van der Waals surface area contributed by atoms with Crippen molar-refractivity contribution >= 4 is 52.5 Å². The number of hydrogen-bond acceptors (Lipinski definition) is 4. The Kier molecular flexibility index (Phi) is 8.06. The van der Waals surface area contributed by atoms with Gasteiger partial charge in [-0.15, -0.1) is 0 Å². The lowest BCUT2D eigenvalue weighted by atomic mass is 10.1. The van der Waals surface area contributed by atoms with E-state index in [1.165, 1.54) is 0 Å². The van der Waals surface area contributed by atoms with Gasteiger partial charge < -0.3 is 10.2 Å². The van der Waals surface area contributed by atoms with Crippen molar-refractivity contribution in [2.24, 2.45) is 0 Å². The number of thioether (sulfide) groups is 1. The predicted octanol–water partition coefficient (Wildman–Crippen LogP) is 4.81. The molecule has 5 nitrogen and oxygen atoms in total. The zero-order valence-corrected chi connectivity index (χ0v) is 19.4. The number of carbonyl (C=O) groups excluding carboxylic acids is 2. The minimum absolute atomic E-state index is 0.00881. The van der Waals surface area contributed by atoms with Crippen LogP contribution in [0.1, 0.15) is 28.9 Å². The molecule has 1 unspecified atom stereocenters. The van der Waals surface area contributed by atoms with E-state index in [2.05, 4.69) is 5.32 Å². The van der Waals surface area contributed by atoms with Gasteiger partial charge in [0.25, 0.3) is 5.91 Å². The molecule has 0 saturated carbocycles. The Labute approximate surface area is 191 Å². The number of halogens is 2. The van der Waals surface area contributed by atoms with E-state index in [9.17, 15) is 9.59 Å². The molecule has 2 amide bonds. The van der Waals surface area contributed by atoms with Gasteiger partial charge in [-0.05, 0) is 49.9 Å². The molecule has 1 aliphatic heterocycles. The minimum Gasteiger partial charge on any atom is -0.337 e. The molecule has 3 rings (SSSR count). The molecule has 0 radical (unpaired) electrons. The Bertz CT molecular complexity index is 919. The zero-order chi connectivity index (χ0) is 21.7. The fourth-order valence-corrected chi connectivity index (χ4v) is 4.79. The standard InChI is InChI=1S/C22H25Cl2N3O2S/c1-15(19-7-6-17(23)13-20(19)24)26(2)14-21(28)25-18-5-3-4-16(12-18)22(29)27-8-10-30-11-9-27/h3-7,12-13,15H,8-11,14H2,1-2H3,(H,25,28). The van der Waals surface area contributed by atoms with Crippen LogP contribution in [0.5, 0.6) is 0 Å². The van der Waals surface area contributed by atoms with E-state index in [4.69, 9.17) is 23.2 Å². The number of hydrogen-bond donors (Lipinski definition) is 1. The Balaban J connectivity index is 1.61. The Morgan fingerprint density at radius 2 is 1.90 bits per heavy atom. The van der Waals surface area contributed by atoms with Crippen molar-refractivity contribution in [2.75, 3.05) is 43.5 Å². The van der Waals surface area contributed by atoms with Crippen molar-refractivity contribution in [3.8, 4) is 0 Å². The number of benzene rings is 2. The highest BCUT2D eigenvalue weighted by atomic mass is 35.5. The van der Waals surface area contributed by atoms with E-state index >= 15 is 0 Å². The number of rotatable bonds is 6. The molecule has 160 valence electrons. The molecule has 2 aromatic rings. The fourth-order valence-electron chi connectivity index (χ4n) is 3.32. The van der Waals surface area contributed by atoms with Crippen molar-refractivity contribution in [1.29, 1.82) is 0 Å². The van der Waals surface area contributed by atoms with Crippen molar-refractivity contribution in [3.63, 3.8) is 0 Å². The topological polar surface area (TPSA) is 52.7 Å². The monoisotopic (exact) mass is 465 g/mol. The summed E-state index contributed by atoms with van der Waals surface area (Å²) < 4.78 is 0. The highest BCUT2D eigenvalue weighted by Crippen LogP contribution is 2.29. The molecule has 0 aliphatic carbocycles. The molecule has 1 heterocycles. The largest absolute Gasteiger partial charge is 0.337 e. The molecular formula is C22H25Cl2N3O2S. The lowest BCUT2D eigenvalue weighted by Crippen LogP contribution is -2.37. The number of nitrogens with zero attached hydrogens (tertiary/aromatic N) is 2. The highest BCUT2D eigenvalue weighted by Gasteiger charge is 2.20. The Morgan fingerprint density at radius 1 is 1.17 bits per heavy atom. The van der Waals surface area contributed by atoms with Gasteiger partial charge in [-0.2, -0.15) is 11.8 Å². The second-order valence-electron chi connectivity index (χ2n) is 7.29. The van der Waals surface area contributed by atoms with Gasteiger partial charge in [-0.25, -0.2) is 0 Å². The normalized spacial score (nSPS) is 15.2. The van der Waals surface area contributed by atoms with Crippen LogP contribution in [0, 0.1) is 0 Å². The number of carbonyl (C=O) groups is 2. The first kappa shape index (κ1) is 22.9. The van der Waals surface area contributed by atoms with Gasteiger partial charge in [-0.1, -0.05) is 35.3 Å². The quantitative estimate of drug-likeness (QED) is 0.664. The van der Waals surface area contributed by atoms with Gasteiger partial charge in [0, 0.05) is 51.9 Å². The molecule has 0 aromatic heterocycles. The van der Waals surface area contributed by atoms with E-state index < -0.39 is 0 Å². The van der Waals surface area contributed by atoms with Crippen LogP contribution < -0.4 is 5.32 Å². The molecule has 0 spiro atoms. The van der Waals surface area contributed by atoms with E-state index in [1.807, 2.05) is 41.6 Å². The number of nitrogens with one attached hydrogen (secondary N) is 1. The average molecular weight is 466 g/mol. The smallest absolute Gasteiger partial charge is 0.253 e. The molecular weight excluding hydrogens is 441 g/mol. The summed E-state index contributed by atoms with van der Waals surface area (Å²) in [6.45, 7) is 3.69. The van der Waals surface area contributed by atoms with Gasteiger partial charge in [0.1, 0.15) is 0 Å². The maximum atomic E-state index is 12.7. The molecule has 1 N–H and O–H groups in total. The maximum Gasteiger partial charge on any atom is 0.253 e. The lowest BCUT2D eigenvalue weighted by Gasteiger charge is -2.26. The third kappa shape index (κ3) is 5.91. The number of likely N-dealkylation sites (N-methyl/N-ethyl adjacent to an activating group) is 1. The molecule has 2 aromatic carbocycles. The van der Waals surface area contributed by atoms with E-state index in [-0.39, 0.29) is 24.4 Å². The summed E-state index contributed by atoms with van der Waals surface area (Å²) in [5, 5.41) is 4.04. The minimum atomic E-state index is -0.159. The van der Waals surface area contributed by atoms with Crippen LogP contribution >= 0.6 is 35.0 Å². The summed E-state index contributed by atoms with van der Waals surface area (Å²) in [6, 6.07) is 12.4. The Morgan fingerprint density at radius 3 is 2.60 bits per heavy atom. The second kappa shape index (κ2) is 10.5. The molecule has 1 saturated heterocycles. The van der Waals surface area contributed by atoms with Crippen LogP contribution in [0.4, 0.5) is 5.69 Å². The van der Waals surface area contributed by atoms with Crippen LogP contribution in [-0.2, 0) is 4.79 Å². The first-order chi connectivity index (χ1) is 14.3. The maximum absolute atomic E-state index is 12.7. The van der Waals surface area contributed by atoms with E-state index in [0.29, 0.717) is 21.3 Å². The van der Waals surface area contributed by atoms with Crippen LogP contribution in [0.15, 0.2) is 42.5 Å². The predicted molar refractivity (Wildman–Crippen MR) is 126 cm³/mol. The van der Waals surface area contributed by atoms with Gasteiger partial charge in [-0.3, -0.25) is 14.5 Å². The lowest BCUT2D eigenvalue weighted by molar-refractivity contribution is -0.117. The SMILES string of the molecule is CC(c1ccc(Cl)cc1Cl)N(C)CC(=O)Nc1cccc(C(=O)N2CCSCC2)c1. The summed E-state index contributed by atoms with van der Waals surface area (Å²) in [4.78, 5) is 29.0. The molecule has 1 fully saturated rings. The van der Waals surface area contributed by atoms with Crippen LogP contribution in [0.2, 0.25) is 10.0 Å². The molecule has 1 aliphatic rings. The van der Waals surface area contributed by atoms with Gasteiger partial charge in [0.05, 0.1) is 6.54 Å². The van der Waals surface area contributed by atoms with Gasteiger partial charge in [0.2, 0.25) is 5.91 Å². The summed E-state index contributed by atoms with van der Waals surface area (Å²) in [7, 11) is 1.86. The number of anilines is 1. The van der Waals surface area contributed by atoms with Crippen molar-refractivity contribution in [2.45, 2.75) is 13.0 Å². The second-order valence-corrected chi connectivity index (χ2v) is 9.36. The van der Waals surface area contributed by atoms with Crippen molar-refractivity contribution < 1.29 is 9.59 Å². The van der Waals surface area contributed by atoms with Crippen LogP contribution in [-0.4, -0.2) is 59.8 Å². The molecule has 0 bridgehead atoms. The summed E-state index contributed by atoms with van der Waals surface area (Å²) in [6.07, 6.45) is 0. The summed E-state index contributed by atoms with van der Waals surface area (Å²) >= 11 is 14.1.